The van der Waals surface area contributed by atoms with Gasteiger partial charge in [0.1, 0.15) is 6.04 Å². The lowest BCUT2D eigenvalue weighted by Crippen LogP contribution is -2.48. The van der Waals surface area contributed by atoms with E-state index in [1.165, 1.54) is 16.2 Å². The van der Waals surface area contributed by atoms with Gasteiger partial charge in [0, 0.05) is 18.8 Å². The normalized spacial score (nSPS) is 15.8. The van der Waals surface area contributed by atoms with E-state index < -0.39 is 6.04 Å². The van der Waals surface area contributed by atoms with E-state index in [4.69, 9.17) is 4.74 Å². The van der Waals surface area contributed by atoms with Crippen LogP contribution >= 0.6 is 11.3 Å². The van der Waals surface area contributed by atoms with Gasteiger partial charge in [-0.15, -0.1) is 11.3 Å². The molecule has 0 bridgehead atoms. The number of hydrogen-bond acceptors (Lipinski definition) is 5. The molecule has 3 aromatic rings. The quantitative estimate of drug-likeness (QED) is 0.408. The van der Waals surface area contributed by atoms with Gasteiger partial charge in [0.25, 0.3) is 5.91 Å². The number of nitrogens with zero attached hydrogens (tertiary/aromatic N) is 1. The fraction of sp³-hybridized carbons (Fsp3) is 0.345. The summed E-state index contributed by atoms with van der Waals surface area (Å²) in [6.07, 6.45) is 1.84. The van der Waals surface area contributed by atoms with Gasteiger partial charge >= 0.3 is 0 Å². The van der Waals surface area contributed by atoms with E-state index in [0.717, 1.165) is 18.4 Å². The summed E-state index contributed by atoms with van der Waals surface area (Å²) >= 11 is 1.31. The van der Waals surface area contributed by atoms with Gasteiger partial charge in [0.15, 0.2) is 0 Å². The number of anilines is 1. The highest BCUT2D eigenvalue weighted by molar-refractivity contribution is 7.12. The molecule has 1 aliphatic heterocycles. The van der Waals surface area contributed by atoms with Crippen molar-refractivity contribution >= 4 is 34.7 Å². The molecule has 2 N–H and O–H groups in total. The van der Waals surface area contributed by atoms with E-state index in [2.05, 4.69) is 24.5 Å². The molecule has 1 aliphatic rings. The van der Waals surface area contributed by atoms with Gasteiger partial charge in [0.2, 0.25) is 11.8 Å². The van der Waals surface area contributed by atoms with E-state index in [0.29, 0.717) is 35.2 Å². The van der Waals surface area contributed by atoms with Crippen LogP contribution in [0.15, 0.2) is 72.1 Å². The second-order valence-corrected chi connectivity index (χ2v) is 10.3. The topological polar surface area (TPSA) is 87.7 Å². The van der Waals surface area contributed by atoms with Crippen LogP contribution < -0.4 is 15.5 Å². The molecule has 194 valence electrons. The number of ether oxygens (including phenoxy) is 1. The van der Waals surface area contributed by atoms with Gasteiger partial charge in [-0.3, -0.25) is 19.3 Å². The number of carbonyl (C=O) groups is 3. The Labute approximate surface area is 221 Å². The lowest BCUT2D eigenvalue weighted by Gasteiger charge is -2.32. The average molecular weight is 520 g/mol. The van der Waals surface area contributed by atoms with Crippen LogP contribution in [0.2, 0.25) is 0 Å². The van der Waals surface area contributed by atoms with Crippen LogP contribution in [0.4, 0.5) is 5.69 Å². The second kappa shape index (κ2) is 12.7. The summed E-state index contributed by atoms with van der Waals surface area (Å²) in [7, 11) is 0. The molecule has 1 aromatic heterocycles. The first-order valence-corrected chi connectivity index (χ1v) is 13.5. The fourth-order valence-corrected chi connectivity index (χ4v) is 5.00. The highest BCUT2D eigenvalue weighted by Crippen LogP contribution is 2.29. The molecule has 1 saturated heterocycles. The van der Waals surface area contributed by atoms with Crippen molar-refractivity contribution in [2.45, 2.75) is 44.8 Å². The van der Waals surface area contributed by atoms with Crippen LogP contribution in [0.3, 0.4) is 0 Å². The third-order valence-electron chi connectivity index (χ3n) is 6.40. The Balaban J connectivity index is 1.64. The molecule has 7 nitrogen and oxygen atoms in total. The molecule has 0 aliphatic carbocycles. The summed E-state index contributed by atoms with van der Waals surface area (Å²) in [5, 5.41) is 7.53. The van der Waals surface area contributed by atoms with E-state index in [9.17, 15) is 14.4 Å². The molecule has 0 saturated carbocycles. The molecular weight excluding hydrogens is 486 g/mol. The van der Waals surface area contributed by atoms with Gasteiger partial charge in [0.05, 0.1) is 17.5 Å². The molecule has 2 unspecified atom stereocenters. The summed E-state index contributed by atoms with van der Waals surface area (Å²) in [6.45, 7) is 5.03. The molecule has 2 atom stereocenters. The number of nitrogens with one attached hydrogen (secondary N) is 2. The first kappa shape index (κ1) is 26.6. The fourth-order valence-electron chi connectivity index (χ4n) is 4.36. The monoisotopic (exact) mass is 519 g/mol. The van der Waals surface area contributed by atoms with Crippen LogP contribution in [0.25, 0.3) is 0 Å². The van der Waals surface area contributed by atoms with Crippen LogP contribution in [0.5, 0.6) is 0 Å². The summed E-state index contributed by atoms with van der Waals surface area (Å²) in [6, 6.07) is 19.5. The Kier molecular flexibility index (Phi) is 9.09. The summed E-state index contributed by atoms with van der Waals surface area (Å²) in [5.41, 5.74) is 2.39. The number of thiophene rings is 1. The maximum Gasteiger partial charge on any atom is 0.261 e. The predicted molar refractivity (Wildman–Crippen MR) is 146 cm³/mol. The zero-order valence-electron chi connectivity index (χ0n) is 21.2. The molecule has 37 heavy (non-hydrogen) atoms. The molecule has 2 heterocycles. The minimum atomic E-state index is -0.918. The minimum Gasteiger partial charge on any atom is -0.376 e. The zero-order chi connectivity index (χ0) is 26.2. The van der Waals surface area contributed by atoms with Crippen molar-refractivity contribution in [2.75, 3.05) is 24.6 Å². The predicted octanol–water partition coefficient (Wildman–Crippen LogP) is 4.67. The smallest absolute Gasteiger partial charge is 0.261 e. The van der Waals surface area contributed by atoms with Crippen molar-refractivity contribution in [1.29, 1.82) is 0 Å². The molecule has 3 amide bonds. The highest BCUT2D eigenvalue weighted by Gasteiger charge is 2.33. The number of hydrogen-bond donors (Lipinski definition) is 2. The van der Waals surface area contributed by atoms with E-state index in [-0.39, 0.29) is 30.4 Å². The standard InChI is InChI=1S/C29H33N3O4S/c1-20(2)21-12-14-23(15-13-21)32(26(33)19-31-28(34)25-11-7-17-37-25)27(22-8-4-3-5-9-22)29(35)30-18-24-10-6-16-36-24/h3-5,7-9,11-15,17,20,24,27H,6,10,16,18-19H2,1-2H3,(H,30,35)(H,31,34). The number of amides is 3. The van der Waals surface area contributed by atoms with E-state index >= 15 is 0 Å². The SMILES string of the molecule is CC(C)c1ccc(N(C(=O)CNC(=O)c2cccs2)C(C(=O)NCC2CCCO2)c2ccccc2)cc1. The molecule has 4 rings (SSSR count). The van der Waals surface area contributed by atoms with Crippen LogP contribution in [-0.4, -0.2) is 43.5 Å². The van der Waals surface area contributed by atoms with Gasteiger partial charge < -0.3 is 15.4 Å². The number of rotatable bonds is 10. The van der Waals surface area contributed by atoms with E-state index in [1.54, 1.807) is 12.1 Å². The first-order valence-electron chi connectivity index (χ1n) is 12.6. The van der Waals surface area contributed by atoms with Crippen molar-refractivity contribution in [2.24, 2.45) is 0 Å². The largest absolute Gasteiger partial charge is 0.376 e. The molecule has 1 fully saturated rings. The minimum absolute atomic E-state index is 0.0278. The van der Waals surface area contributed by atoms with Crippen LogP contribution in [-0.2, 0) is 14.3 Å². The molecule has 8 heteroatoms. The number of benzene rings is 2. The maximum absolute atomic E-state index is 13.7. The molecular formula is C29H33N3O4S. The average Bonchev–Trinajstić information content (AvgIpc) is 3.64. The zero-order valence-corrected chi connectivity index (χ0v) is 22.0. The Hall–Kier alpha value is -3.49. The Morgan fingerprint density at radius 3 is 2.35 bits per heavy atom. The van der Waals surface area contributed by atoms with Gasteiger partial charge in [-0.2, -0.15) is 0 Å². The van der Waals surface area contributed by atoms with Crippen molar-refractivity contribution in [3.05, 3.63) is 88.1 Å². The third-order valence-corrected chi connectivity index (χ3v) is 7.27. The molecule has 0 spiro atoms. The lowest BCUT2D eigenvalue weighted by molar-refractivity contribution is -0.126. The summed E-state index contributed by atoms with van der Waals surface area (Å²) < 4.78 is 5.68. The van der Waals surface area contributed by atoms with Crippen LogP contribution in [0, 0.1) is 0 Å². The Bertz CT molecular complexity index is 1170. The summed E-state index contributed by atoms with van der Waals surface area (Å²) in [5.74, 6) is -0.684. The Morgan fingerprint density at radius 2 is 1.73 bits per heavy atom. The van der Waals surface area contributed by atoms with Crippen molar-refractivity contribution in [1.82, 2.24) is 10.6 Å². The van der Waals surface area contributed by atoms with Gasteiger partial charge in [-0.1, -0.05) is 62.4 Å². The van der Waals surface area contributed by atoms with Gasteiger partial charge in [-0.25, -0.2) is 0 Å². The van der Waals surface area contributed by atoms with Crippen LogP contribution in [0.1, 0.15) is 59.4 Å². The first-order chi connectivity index (χ1) is 17.9. The van der Waals surface area contributed by atoms with Crippen molar-refractivity contribution < 1.29 is 19.1 Å². The van der Waals surface area contributed by atoms with E-state index in [1.807, 2.05) is 60.0 Å². The van der Waals surface area contributed by atoms with Gasteiger partial charge in [-0.05, 0) is 53.5 Å². The molecule has 0 radical (unpaired) electrons. The highest BCUT2D eigenvalue weighted by atomic mass is 32.1. The Morgan fingerprint density at radius 1 is 0.973 bits per heavy atom. The van der Waals surface area contributed by atoms with Crippen molar-refractivity contribution in [3.63, 3.8) is 0 Å². The summed E-state index contributed by atoms with van der Waals surface area (Å²) in [4.78, 5) is 42.0. The number of carbonyl (C=O) groups excluding carboxylic acids is 3. The second-order valence-electron chi connectivity index (χ2n) is 9.36. The molecule has 2 aromatic carbocycles. The maximum atomic E-state index is 13.7. The van der Waals surface area contributed by atoms with Crippen molar-refractivity contribution in [3.8, 4) is 0 Å². The third kappa shape index (κ3) is 6.84. The lowest BCUT2D eigenvalue weighted by atomic mass is 10.0.